The van der Waals surface area contributed by atoms with E-state index in [1.807, 2.05) is 12.1 Å². The maximum absolute atomic E-state index is 13.1. The summed E-state index contributed by atoms with van der Waals surface area (Å²) in [5.41, 5.74) is 4.78. The largest absolute Gasteiger partial charge is 0.493 e. The minimum Gasteiger partial charge on any atom is -0.493 e. The highest BCUT2D eigenvalue weighted by molar-refractivity contribution is 9.10. The monoisotopic (exact) mass is 440 g/mol. The van der Waals surface area contributed by atoms with Crippen molar-refractivity contribution in [3.05, 3.63) is 69.4 Å². The van der Waals surface area contributed by atoms with Crippen LogP contribution in [0.25, 0.3) is 0 Å². The predicted octanol–water partition coefficient (Wildman–Crippen LogP) is 4.16. The van der Waals surface area contributed by atoms with Crippen molar-refractivity contribution in [1.82, 2.24) is 14.9 Å². The van der Waals surface area contributed by atoms with Gasteiger partial charge in [-0.05, 0) is 45.8 Å². The molecule has 3 aromatic rings. The molecule has 9 heteroatoms. The molecule has 2 aromatic carbocycles. The maximum atomic E-state index is 13.1. The highest BCUT2D eigenvalue weighted by atomic mass is 79.9. The first-order valence-electron chi connectivity index (χ1n) is 7.58. The third kappa shape index (κ3) is 4.44. The van der Waals surface area contributed by atoms with E-state index in [1.54, 1.807) is 30.5 Å². The molecule has 0 unspecified atom stereocenters. The zero-order valence-corrected chi connectivity index (χ0v) is 16.1. The second-order valence-electron chi connectivity index (χ2n) is 5.34. The predicted molar refractivity (Wildman–Crippen MR) is 99.5 cm³/mol. The molecule has 1 N–H and O–H groups in total. The van der Waals surface area contributed by atoms with Gasteiger partial charge in [-0.3, -0.25) is 0 Å². The fourth-order valence-electron chi connectivity index (χ4n) is 2.27. The van der Waals surface area contributed by atoms with Gasteiger partial charge in [-0.1, -0.05) is 17.7 Å². The van der Waals surface area contributed by atoms with Crippen LogP contribution in [0.4, 0.5) is 4.39 Å². The fourth-order valence-corrected chi connectivity index (χ4v) is 3.09. The Labute approximate surface area is 163 Å². The van der Waals surface area contributed by atoms with E-state index in [1.165, 1.54) is 12.1 Å². The number of methoxy groups -OCH3 is 1. The summed E-state index contributed by atoms with van der Waals surface area (Å²) < 4.78 is 26.8. The van der Waals surface area contributed by atoms with Crippen LogP contribution in [0.2, 0.25) is 5.02 Å². The quantitative estimate of drug-likeness (QED) is 0.596. The number of halogens is 3. The number of nitrogens with zero attached hydrogens (tertiary/aromatic N) is 3. The Kier molecular flexibility index (Phi) is 5.95. The lowest BCUT2D eigenvalue weighted by atomic mass is 10.2. The number of aromatic nitrogens is 3. The zero-order chi connectivity index (χ0) is 18.5. The molecule has 0 atom stereocenters. The van der Waals surface area contributed by atoms with Crippen molar-refractivity contribution >= 4 is 27.5 Å². The van der Waals surface area contributed by atoms with Gasteiger partial charge in [0.05, 0.1) is 23.1 Å². The van der Waals surface area contributed by atoms with Crippen molar-refractivity contribution in [2.75, 3.05) is 12.5 Å². The highest BCUT2D eigenvalue weighted by Crippen LogP contribution is 2.37. The number of ether oxygens (including phenoxy) is 2. The van der Waals surface area contributed by atoms with E-state index < -0.39 is 0 Å². The van der Waals surface area contributed by atoms with Gasteiger partial charge in [0, 0.05) is 5.56 Å². The van der Waals surface area contributed by atoms with Crippen LogP contribution in [0.5, 0.6) is 11.5 Å². The van der Waals surface area contributed by atoms with Crippen molar-refractivity contribution in [2.24, 2.45) is 0 Å². The molecule has 6 nitrogen and oxygen atoms in total. The fraction of sp³-hybridized carbons (Fsp3) is 0.176. The number of nitrogens with one attached hydrogen (secondary N) is 1. The average molecular weight is 442 g/mol. The van der Waals surface area contributed by atoms with E-state index in [4.69, 9.17) is 21.1 Å². The van der Waals surface area contributed by atoms with Crippen LogP contribution in [0.3, 0.4) is 0 Å². The van der Waals surface area contributed by atoms with Crippen molar-refractivity contribution in [3.63, 3.8) is 0 Å². The molecule has 0 aliphatic rings. The molecule has 0 aliphatic carbocycles. The summed E-state index contributed by atoms with van der Waals surface area (Å²) in [7, 11) is 1.57. The van der Waals surface area contributed by atoms with E-state index in [-0.39, 0.29) is 12.4 Å². The van der Waals surface area contributed by atoms with Crippen LogP contribution < -0.4 is 14.9 Å². The smallest absolute Gasteiger partial charge is 0.175 e. The molecule has 0 bridgehead atoms. The Bertz CT molecular complexity index is 893. The summed E-state index contributed by atoms with van der Waals surface area (Å²) in [5, 5.41) is 7.77. The Balaban J connectivity index is 1.74. The van der Waals surface area contributed by atoms with E-state index >= 15 is 0 Å². The molecule has 0 radical (unpaired) electrons. The topological polar surface area (TPSA) is 61.2 Å². The van der Waals surface area contributed by atoms with Crippen LogP contribution in [0.1, 0.15) is 11.1 Å². The molecular weight excluding hydrogens is 427 g/mol. The third-order valence-corrected chi connectivity index (χ3v) is 4.50. The first-order chi connectivity index (χ1) is 12.6. The summed E-state index contributed by atoms with van der Waals surface area (Å²) in [6, 6.07) is 7.98. The standard InChI is InChI=1S/C17H15BrClFN4O2/c1-25-16-5-11(7-23-24-9-21-22-10-24)4-14(18)17(16)26-8-12-2-3-13(20)6-15(12)19/h2-6,9-10,23H,7-8H2,1H3. The van der Waals surface area contributed by atoms with E-state index in [2.05, 4.69) is 31.6 Å². The number of hydrogen-bond donors (Lipinski definition) is 1. The molecular formula is C17H15BrClFN4O2. The van der Waals surface area contributed by atoms with Crippen molar-refractivity contribution < 1.29 is 13.9 Å². The van der Waals surface area contributed by atoms with E-state index in [0.29, 0.717) is 28.6 Å². The van der Waals surface area contributed by atoms with Gasteiger partial charge in [0.15, 0.2) is 11.5 Å². The lowest BCUT2D eigenvalue weighted by Gasteiger charge is -2.15. The number of benzene rings is 2. The molecule has 136 valence electrons. The Morgan fingerprint density at radius 2 is 2.00 bits per heavy atom. The first-order valence-corrected chi connectivity index (χ1v) is 8.75. The minimum absolute atomic E-state index is 0.187. The van der Waals surface area contributed by atoms with Crippen molar-refractivity contribution in [3.8, 4) is 11.5 Å². The molecule has 0 amide bonds. The third-order valence-electron chi connectivity index (χ3n) is 3.56. The van der Waals surface area contributed by atoms with Crippen LogP contribution in [-0.4, -0.2) is 22.0 Å². The lowest BCUT2D eigenvalue weighted by molar-refractivity contribution is 0.282. The molecule has 0 spiro atoms. The number of hydrogen-bond acceptors (Lipinski definition) is 5. The van der Waals surface area contributed by atoms with Crippen LogP contribution >= 0.6 is 27.5 Å². The molecule has 0 fully saturated rings. The van der Waals surface area contributed by atoms with Crippen LogP contribution in [-0.2, 0) is 13.2 Å². The second-order valence-corrected chi connectivity index (χ2v) is 6.60. The summed E-state index contributed by atoms with van der Waals surface area (Å²) in [5.74, 6) is 0.724. The van der Waals surface area contributed by atoms with Gasteiger partial charge in [0.2, 0.25) is 0 Å². The molecule has 0 saturated heterocycles. The SMILES string of the molecule is COc1cc(CNn2cnnc2)cc(Br)c1OCc1ccc(F)cc1Cl. The molecule has 26 heavy (non-hydrogen) atoms. The van der Waals surface area contributed by atoms with Gasteiger partial charge in [-0.15, -0.1) is 10.2 Å². The van der Waals surface area contributed by atoms with Crippen molar-refractivity contribution in [1.29, 1.82) is 0 Å². The summed E-state index contributed by atoms with van der Waals surface area (Å²) in [4.78, 5) is 0. The second kappa shape index (κ2) is 8.37. The highest BCUT2D eigenvalue weighted by Gasteiger charge is 2.13. The van der Waals surface area contributed by atoms with Crippen LogP contribution in [0, 0.1) is 5.82 Å². The summed E-state index contributed by atoms with van der Waals surface area (Å²) >= 11 is 9.54. The lowest BCUT2D eigenvalue weighted by Crippen LogP contribution is -2.12. The van der Waals surface area contributed by atoms with Gasteiger partial charge in [0.25, 0.3) is 0 Å². The first kappa shape index (κ1) is 18.5. The van der Waals surface area contributed by atoms with Gasteiger partial charge in [-0.25, -0.2) is 9.07 Å². The number of rotatable bonds is 7. The van der Waals surface area contributed by atoms with Crippen molar-refractivity contribution in [2.45, 2.75) is 13.2 Å². The maximum Gasteiger partial charge on any atom is 0.175 e. The zero-order valence-electron chi connectivity index (χ0n) is 13.7. The average Bonchev–Trinajstić information content (AvgIpc) is 3.13. The van der Waals surface area contributed by atoms with Crippen LogP contribution in [0.15, 0.2) is 47.5 Å². The van der Waals surface area contributed by atoms with E-state index in [9.17, 15) is 4.39 Å². The normalized spacial score (nSPS) is 10.6. The van der Waals surface area contributed by atoms with Gasteiger partial charge in [-0.2, -0.15) is 0 Å². The van der Waals surface area contributed by atoms with Gasteiger partial charge < -0.3 is 14.9 Å². The summed E-state index contributed by atoms with van der Waals surface area (Å²) in [6.45, 7) is 0.726. The molecule has 0 saturated carbocycles. The summed E-state index contributed by atoms with van der Waals surface area (Å²) in [6.07, 6.45) is 3.13. The Hall–Kier alpha value is -2.32. The van der Waals surface area contributed by atoms with Gasteiger partial charge >= 0.3 is 0 Å². The molecule has 0 aliphatic heterocycles. The molecule has 1 heterocycles. The Morgan fingerprint density at radius 3 is 2.69 bits per heavy atom. The van der Waals surface area contributed by atoms with Gasteiger partial charge in [0.1, 0.15) is 25.1 Å². The molecule has 3 rings (SSSR count). The minimum atomic E-state index is -0.387. The molecule has 1 aromatic heterocycles. The Morgan fingerprint density at radius 1 is 1.23 bits per heavy atom. The van der Waals surface area contributed by atoms with E-state index in [0.717, 1.165) is 10.0 Å².